The van der Waals surface area contributed by atoms with Gasteiger partial charge in [-0.3, -0.25) is 9.69 Å². The van der Waals surface area contributed by atoms with Crippen molar-refractivity contribution in [1.29, 1.82) is 0 Å². The Morgan fingerprint density at radius 1 is 1.28 bits per heavy atom. The molecule has 2 aromatic carbocycles. The number of fused-ring (bicyclic) bond motifs is 3. The molecule has 3 heterocycles. The van der Waals surface area contributed by atoms with Crippen LogP contribution < -0.4 is 14.2 Å². The van der Waals surface area contributed by atoms with Crippen LogP contribution in [-0.2, 0) is 13.0 Å². The summed E-state index contributed by atoms with van der Waals surface area (Å²) in [4.78, 5) is 16.8. The summed E-state index contributed by atoms with van der Waals surface area (Å²) in [5.74, 6) is 2.27. The van der Waals surface area contributed by atoms with Crippen LogP contribution in [0.4, 0.5) is 0 Å². The number of Topliss-reactive ketones (excluding diaryl/α,β-unsaturated/α-hetero) is 1. The number of hydrogen-bond donors (Lipinski definition) is 0. The number of nitrogens with zero attached hydrogens (tertiary/aromatic N) is 1. The van der Waals surface area contributed by atoms with Crippen LogP contribution in [-0.4, -0.2) is 31.1 Å². The molecule has 0 amide bonds. The Morgan fingerprint density at radius 2 is 2.16 bits per heavy atom. The molecule has 32 heavy (non-hydrogen) atoms. The second-order valence-electron chi connectivity index (χ2n) is 7.86. The van der Waals surface area contributed by atoms with Crippen molar-refractivity contribution in [2.75, 3.05) is 20.4 Å². The lowest BCUT2D eigenvalue weighted by Crippen LogP contribution is -2.33. The fourth-order valence-corrected chi connectivity index (χ4v) is 5.18. The number of ketones is 1. The van der Waals surface area contributed by atoms with Gasteiger partial charge in [-0.2, -0.15) is 0 Å². The number of halogens is 1. The average molecular weight is 512 g/mol. The molecule has 0 spiro atoms. The number of ether oxygens (including phenoxy) is 3. The van der Waals surface area contributed by atoms with E-state index in [1.807, 2.05) is 31.2 Å². The molecule has 164 valence electrons. The summed E-state index contributed by atoms with van der Waals surface area (Å²) in [7, 11) is 1.61. The Morgan fingerprint density at radius 3 is 2.94 bits per heavy atom. The molecule has 2 aliphatic heterocycles. The van der Waals surface area contributed by atoms with Gasteiger partial charge in [-0.15, -0.1) is 11.3 Å². The SMILES string of the molecule is COc1ccc(Br)cc1/C=C1\Oc2c3c(cc(C)c2C1=O)OCN(CCc1cccs1)C3. The van der Waals surface area contributed by atoms with Crippen LogP contribution in [0.25, 0.3) is 6.08 Å². The highest BCUT2D eigenvalue weighted by atomic mass is 79.9. The maximum Gasteiger partial charge on any atom is 0.232 e. The first kappa shape index (κ1) is 21.2. The first-order valence-electron chi connectivity index (χ1n) is 10.4. The van der Waals surface area contributed by atoms with Crippen molar-refractivity contribution in [3.05, 3.63) is 79.1 Å². The highest BCUT2D eigenvalue weighted by Crippen LogP contribution is 2.44. The average Bonchev–Trinajstić information content (AvgIpc) is 3.41. The van der Waals surface area contributed by atoms with Crippen LogP contribution in [0.5, 0.6) is 17.2 Å². The van der Waals surface area contributed by atoms with Gasteiger partial charge >= 0.3 is 0 Å². The first-order valence-corrected chi connectivity index (χ1v) is 12.0. The molecule has 0 saturated carbocycles. The smallest absolute Gasteiger partial charge is 0.232 e. The van der Waals surface area contributed by atoms with Gasteiger partial charge in [0.25, 0.3) is 0 Å². The van der Waals surface area contributed by atoms with E-state index >= 15 is 0 Å². The molecule has 2 aliphatic rings. The number of aryl methyl sites for hydroxylation is 1. The number of carbonyl (C=O) groups is 1. The summed E-state index contributed by atoms with van der Waals surface area (Å²) in [5, 5.41) is 2.10. The van der Waals surface area contributed by atoms with Gasteiger partial charge in [0.05, 0.1) is 18.2 Å². The minimum absolute atomic E-state index is 0.113. The Bertz CT molecular complexity index is 1220. The number of hydrogen-bond acceptors (Lipinski definition) is 6. The van der Waals surface area contributed by atoms with Crippen LogP contribution in [0.3, 0.4) is 0 Å². The zero-order valence-corrected chi connectivity index (χ0v) is 20.2. The van der Waals surface area contributed by atoms with E-state index in [0.29, 0.717) is 36.1 Å². The van der Waals surface area contributed by atoms with Gasteiger partial charge in [0.15, 0.2) is 5.76 Å². The molecule has 3 aromatic rings. The lowest BCUT2D eigenvalue weighted by Gasteiger charge is -2.30. The van der Waals surface area contributed by atoms with Gasteiger partial charge in [0.1, 0.15) is 24.0 Å². The molecule has 0 fully saturated rings. The highest BCUT2D eigenvalue weighted by molar-refractivity contribution is 9.10. The second kappa shape index (κ2) is 8.73. The third kappa shape index (κ3) is 3.96. The van der Waals surface area contributed by atoms with E-state index in [4.69, 9.17) is 14.2 Å². The van der Waals surface area contributed by atoms with Crippen molar-refractivity contribution < 1.29 is 19.0 Å². The largest absolute Gasteiger partial charge is 0.496 e. The molecule has 0 radical (unpaired) electrons. The number of thiophene rings is 1. The van der Waals surface area contributed by atoms with Crippen LogP contribution in [0.2, 0.25) is 0 Å². The summed E-state index contributed by atoms with van der Waals surface area (Å²) >= 11 is 5.25. The molecule has 0 N–H and O–H groups in total. The molecule has 7 heteroatoms. The molecule has 5 rings (SSSR count). The zero-order valence-electron chi connectivity index (χ0n) is 17.8. The third-order valence-electron chi connectivity index (χ3n) is 5.72. The fraction of sp³-hybridized carbons (Fsp3) is 0.240. The van der Waals surface area contributed by atoms with Crippen LogP contribution >= 0.6 is 27.3 Å². The van der Waals surface area contributed by atoms with Gasteiger partial charge in [0, 0.05) is 28.0 Å². The minimum atomic E-state index is -0.113. The van der Waals surface area contributed by atoms with Gasteiger partial charge in [-0.1, -0.05) is 22.0 Å². The lowest BCUT2D eigenvalue weighted by atomic mass is 9.98. The minimum Gasteiger partial charge on any atom is -0.496 e. The van der Waals surface area contributed by atoms with Gasteiger partial charge in [-0.25, -0.2) is 0 Å². The van der Waals surface area contributed by atoms with Crippen molar-refractivity contribution in [3.8, 4) is 17.2 Å². The number of rotatable bonds is 5. The molecule has 5 nitrogen and oxygen atoms in total. The van der Waals surface area contributed by atoms with Crippen molar-refractivity contribution in [1.82, 2.24) is 4.90 Å². The summed E-state index contributed by atoms with van der Waals surface area (Å²) in [6.07, 6.45) is 2.72. The number of allylic oxidation sites excluding steroid dienone is 1. The molecule has 0 unspecified atom stereocenters. The molecule has 0 saturated heterocycles. The van der Waals surface area contributed by atoms with Crippen LogP contribution in [0.1, 0.15) is 31.9 Å². The van der Waals surface area contributed by atoms with E-state index in [0.717, 1.165) is 39.9 Å². The topological polar surface area (TPSA) is 48.0 Å². The first-order chi connectivity index (χ1) is 15.5. The molecule has 1 aromatic heterocycles. The summed E-state index contributed by atoms with van der Waals surface area (Å²) in [5.41, 5.74) is 3.19. The molecule has 0 aliphatic carbocycles. The van der Waals surface area contributed by atoms with E-state index in [1.165, 1.54) is 4.88 Å². The van der Waals surface area contributed by atoms with Crippen LogP contribution in [0.15, 0.2) is 52.0 Å². The summed E-state index contributed by atoms with van der Waals surface area (Å²) in [6.45, 7) is 4.02. The second-order valence-corrected chi connectivity index (χ2v) is 9.80. The normalized spacial score (nSPS) is 16.5. The quantitative estimate of drug-likeness (QED) is 0.402. The maximum atomic E-state index is 13.3. The van der Waals surface area contributed by atoms with Crippen molar-refractivity contribution >= 4 is 39.1 Å². The third-order valence-corrected chi connectivity index (χ3v) is 7.15. The standard InChI is InChI=1S/C25H22BrNO4S/c1-15-10-21-19(13-27(14-30-21)8-7-18-4-3-9-32-18)25-23(15)24(28)22(31-25)12-16-11-17(26)5-6-20(16)29-2/h3-6,9-12H,7-8,13-14H2,1-2H3/b22-12-. The predicted octanol–water partition coefficient (Wildman–Crippen LogP) is 5.84. The van der Waals surface area contributed by atoms with Gasteiger partial charge < -0.3 is 14.2 Å². The van der Waals surface area contributed by atoms with Crippen LogP contribution in [0, 0.1) is 6.92 Å². The molecular weight excluding hydrogens is 490 g/mol. The zero-order chi connectivity index (χ0) is 22.2. The number of carbonyl (C=O) groups excluding carboxylic acids is 1. The van der Waals surface area contributed by atoms with E-state index in [2.05, 4.69) is 38.3 Å². The summed E-state index contributed by atoms with van der Waals surface area (Å²) in [6, 6.07) is 11.8. The number of benzene rings is 2. The Balaban J connectivity index is 1.45. The molecular formula is C25H22BrNO4S. The van der Waals surface area contributed by atoms with E-state index < -0.39 is 0 Å². The van der Waals surface area contributed by atoms with E-state index in [-0.39, 0.29) is 5.78 Å². The Kier molecular flexibility index (Phi) is 5.80. The molecule has 0 atom stereocenters. The van der Waals surface area contributed by atoms with Crippen molar-refractivity contribution in [2.45, 2.75) is 19.9 Å². The van der Waals surface area contributed by atoms with Gasteiger partial charge in [0.2, 0.25) is 5.78 Å². The highest BCUT2D eigenvalue weighted by Gasteiger charge is 2.35. The molecule has 0 bridgehead atoms. The maximum absolute atomic E-state index is 13.3. The Hall–Kier alpha value is -2.61. The van der Waals surface area contributed by atoms with E-state index in [9.17, 15) is 4.79 Å². The predicted molar refractivity (Wildman–Crippen MR) is 129 cm³/mol. The number of methoxy groups -OCH3 is 1. The van der Waals surface area contributed by atoms with Crippen molar-refractivity contribution in [2.24, 2.45) is 0 Å². The van der Waals surface area contributed by atoms with Gasteiger partial charge in [-0.05, 0) is 60.7 Å². The van der Waals surface area contributed by atoms with Crippen molar-refractivity contribution in [3.63, 3.8) is 0 Å². The lowest BCUT2D eigenvalue weighted by molar-refractivity contribution is 0.0951. The van der Waals surface area contributed by atoms with E-state index in [1.54, 1.807) is 24.5 Å². The monoisotopic (exact) mass is 511 g/mol. The summed E-state index contributed by atoms with van der Waals surface area (Å²) < 4.78 is 18.6. The fourth-order valence-electron chi connectivity index (χ4n) is 4.10. The Labute approximate surface area is 199 Å².